The molecule has 0 heterocycles. The molecule has 0 aliphatic carbocycles. The number of likely N-dealkylation sites (N-methyl/N-ethyl adjacent to an activating group) is 1. The molecule has 0 saturated carbocycles. The molecule has 6 heteroatoms. The van der Waals surface area contributed by atoms with E-state index in [2.05, 4.69) is 0 Å². The molecule has 2 N–H and O–H groups in total. The van der Waals surface area contributed by atoms with Gasteiger partial charge in [0.2, 0.25) is 0 Å². The largest absolute Gasteiger partial charge is 0.490 e. The van der Waals surface area contributed by atoms with Crippen molar-refractivity contribution in [3.63, 3.8) is 0 Å². The first-order valence-corrected chi connectivity index (χ1v) is 7.12. The fourth-order valence-corrected chi connectivity index (χ4v) is 2.05. The van der Waals surface area contributed by atoms with Crippen molar-refractivity contribution in [1.29, 1.82) is 0 Å². The van der Waals surface area contributed by atoms with Crippen LogP contribution < -0.4 is 10.5 Å². The molecule has 0 aromatic heterocycles. The maximum atomic E-state index is 12.8. The molecule has 3 nitrogen and oxygen atoms in total. The molecule has 0 saturated heterocycles. The molecule has 0 fully saturated rings. The molecule has 0 radical (unpaired) electrons. The number of anilines is 1. The molecule has 23 heavy (non-hydrogen) atoms. The number of nitrogens with zero attached hydrogens (tertiary/aromatic N) is 1. The van der Waals surface area contributed by atoms with E-state index >= 15 is 0 Å². The Hall–Kier alpha value is -2.21. The summed E-state index contributed by atoms with van der Waals surface area (Å²) in [5.74, 6) is 0.474. The van der Waals surface area contributed by atoms with Crippen molar-refractivity contribution < 1.29 is 17.9 Å². The monoisotopic (exact) mass is 324 g/mol. The van der Waals surface area contributed by atoms with Gasteiger partial charge in [0.05, 0.1) is 11.3 Å². The van der Waals surface area contributed by atoms with Gasteiger partial charge in [-0.1, -0.05) is 18.2 Å². The predicted molar refractivity (Wildman–Crippen MR) is 85.3 cm³/mol. The minimum atomic E-state index is -4.37. The number of alkyl halides is 3. The minimum Gasteiger partial charge on any atom is -0.490 e. The lowest BCUT2D eigenvalue weighted by Crippen LogP contribution is -2.19. The zero-order valence-electron chi connectivity index (χ0n) is 13.0. The maximum Gasteiger partial charge on any atom is 0.416 e. The minimum absolute atomic E-state index is 0.448. The van der Waals surface area contributed by atoms with Crippen LogP contribution in [-0.4, -0.2) is 32.1 Å². The van der Waals surface area contributed by atoms with Gasteiger partial charge in [-0.05, 0) is 49.5 Å². The number of benzene rings is 2. The smallest absolute Gasteiger partial charge is 0.416 e. The highest BCUT2D eigenvalue weighted by Gasteiger charge is 2.30. The summed E-state index contributed by atoms with van der Waals surface area (Å²) in [6.45, 7) is 1.16. The van der Waals surface area contributed by atoms with Crippen LogP contribution in [0.1, 0.15) is 5.56 Å². The summed E-state index contributed by atoms with van der Waals surface area (Å²) in [5, 5.41) is 0. The summed E-state index contributed by atoms with van der Waals surface area (Å²) in [4.78, 5) is 1.97. The van der Waals surface area contributed by atoms with Gasteiger partial charge in [0.15, 0.2) is 0 Å². The van der Waals surface area contributed by atoms with Gasteiger partial charge in [-0.15, -0.1) is 0 Å². The Kier molecular flexibility index (Phi) is 5.15. The Morgan fingerprint density at radius 2 is 1.74 bits per heavy atom. The number of rotatable bonds is 5. The van der Waals surface area contributed by atoms with Gasteiger partial charge in [-0.25, -0.2) is 0 Å². The second kappa shape index (κ2) is 6.91. The van der Waals surface area contributed by atoms with Crippen LogP contribution >= 0.6 is 0 Å². The summed E-state index contributed by atoms with van der Waals surface area (Å²) >= 11 is 0. The van der Waals surface area contributed by atoms with E-state index in [-0.39, 0.29) is 0 Å². The van der Waals surface area contributed by atoms with Crippen LogP contribution in [0.3, 0.4) is 0 Å². The van der Waals surface area contributed by atoms with E-state index in [0.29, 0.717) is 35.7 Å². The van der Waals surface area contributed by atoms with E-state index in [0.717, 1.165) is 12.1 Å². The molecule has 0 aliphatic heterocycles. The molecule has 0 bridgehead atoms. The van der Waals surface area contributed by atoms with Crippen LogP contribution in [0.2, 0.25) is 0 Å². The van der Waals surface area contributed by atoms with Gasteiger partial charge in [0.1, 0.15) is 12.4 Å². The number of nitrogens with two attached hydrogens (primary N) is 1. The standard InChI is InChI=1S/C17H19F3N2O/c1-22(2)8-9-23-16-11-13(6-7-15(16)21)12-4-3-5-14(10-12)17(18,19)20/h3-7,10-11H,8-9,21H2,1-2H3. The summed E-state index contributed by atoms with van der Waals surface area (Å²) < 4.78 is 44.1. The summed E-state index contributed by atoms with van der Waals surface area (Å²) in [7, 11) is 3.84. The lowest BCUT2D eigenvalue weighted by atomic mass is 10.0. The average molecular weight is 324 g/mol. The highest BCUT2D eigenvalue weighted by atomic mass is 19.4. The predicted octanol–water partition coefficient (Wildman–Crippen LogP) is 3.90. The Bertz CT molecular complexity index is 669. The van der Waals surface area contributed by atoms with Crippen molar-refractivity contribution in [2.24, 2.45) is 0 Å². The molecule has 0 unspecified atom stereocenters. The zero-order chi connectivity index (χ0) is 17.0. The van der Waals surface area contributed by atoms with E-state index in [1.807, 2.05) is 19.0 Å². The van der Waals surface area contributed by atoms with Crippen molar-refractivity contribution >= 4 is 5.69 Å². The molecule has 2 rings (SSSR count). The van der Waals surface area contributed by atoms with Gasteiger partial charge in [0.25, 0.3) is 0 Å². The fourth-order valence-electron chi connectivity index (χ4n) is 2.05. The van der Waals surface area contributed by atoms with Crippen LogP contribution in [0.5, 0.6) is 5.75 Å². The second-order valence-corrected chi connectivity index (χ2v) is 5.48. The molecule has 0 spiro atoms. The summed E-state index contributed by atoms with van der Waals surface area (Å²) in [6, 6.07) is 10.2. The lowest BCUT2D eigenvalue weighted by Gasteiger charge is -2.14. The van der Waals surface area contributed by atoms with Crippen molar-refractivity contribution in [2.75, 3.05) is 33.0 Å². The molecule has 0 amide bonds. The fraction of sp³-hybridized carbons (Fsp3) is 0.294. The van der Waals surface area contributed by atoms with Crippen LogP contribution in [0.4, 0.5) is 18.9 Å². The van der Waals surface area contributed by atoms with Gasteiger partial charge >= 0.3 is 6.18 Å². The molecule has 124 valence electrons. The highest BCUT2D eigenvalue weighted by molar-refractivity contribution is 5.70. The number of nitrogen functional groups attached to an aromatic ring is 1. The van der Waals surface area contributed by atoms with Crippen molar-refractivity contribution in [2.45, 2.75) is 6.18 Å². The topological polar surface area (TPSA) is 38.5 Å². The first-order chi connectivity index (χ1) is 10.8. The van der Waals surface area contributed by atoms with Crippen LogP contribution in [0, 0.1) is 0 Å². The Labute approximate surface area is 133 Å². The summed E-state index contributed by atoms with van der Waals surface area (Å²) in [5.41, 5.74) is 6.74. The molecular weight excluding hydrogens is 305 g/mol. The third-order valence-electron chi connectivity index (χ3n) is 3.33. The third kappa shape index (κ3) is 4.63. The van der Waals surface area contributed by atoms with E-state index in [1.165, 1.54) is 6.07 Å². The second-order valence-electron chi connectivity index (χ2n) is 5.48. The molecule has 2 aromatic rings. The van der Waals surface area contributed by atoms with Crippen molar-refractivity contribution in [3.05, 3.63) is 48.0 Å². The zero-order valence-corrected chi connectivity index (χ0v) is 13.0. The lowest BCUT2D eigenvalue weighted by molar-refractivity contribution is -0.137. The number of ether oxygens (including phenoxy) is 1. The van der Waals surface area contributed by atoms with Gasteiger partial charge in [-0.2, -0.15) is 13.2 Å². The van der Waals surface area contributed by atoms with Crippen molar-refractivity contribution in [3.8, 4) is 16.9 Å². The van der Waals surface area contributed by atoms with E-state index in [9.17, 15) is 13.2 Å². The molecule has 0 aliphatic rings. The molecule has 2 aromatic carbocycles. The van der Waals surface area contributed by atoms with Crippen LogP contribution in [0.25, 0.3) is 11.1 Å². The van der Waals surface area contributed by atoms with Gasteiger partial charge in [0, 0.05) is 6.54 Å². The number of hydrogen-bond acceptors (Lipinski definition) is 3. The Balaban J connectivity index is 2.27. The first kappa shape index (κ1) is 17.1. The Morgan fingerprint density at radius 3 is 2.39 bits per heavy atom. The van der Waals surface area contributed by atoms with E-state index < -0.39 is 11.7 Å². The Morgan fingerprint density at radius 1 is 1.04 bits per heavy atom. The van der Waals surface area contributed by atoms with Gasteiger partial charge in [-0.3, -0.25) is 0 Å². The quantitative estimate of drug-likeness (QED) is 0.848. The maximum absolute atomic E-state index is 12.8. The number of hydrogen-bond donors (Lipinski definition) is 1. The van der Waals surface area contributed by atoms with Gasteiger partial charge < -0.3 is 15.4 Å². The molecule has 0 atom stereocenters. The SMILES string of the molecule is CN(C)CCOc1cc(-c2cccc(C(F)(F)F)c2)ccc1N. The van der Waals surface area contributed by atoms with Crippen molar-refractivity contribution in [1.82, 2.24) is 4.90 Å². The number of halogens is 3. The first-order valence-electron chi connectivity index (χ1n) is 7.12. The molecular formula is C17H19F3N2O. The summed E-state index contributed by atoms with van der Waals surface area (Å²) in [6.07, 6.45) is -4.37. The van der Waals surface area contributed by atoms with Crippen LogP contribution in [-0.2, 0) is 6.18 Å². The van der Waals surface area contributed by atoms with Crippen LogP contribution in [0.15, 0.2) is 42.5 Å². The van der Waals surface area contributed by atoms with E-state index in [4.69, 9.17) is 10.5 Å². The normalized spacial score (nSPS) is 11.7. The van der Waals surface area contributed by atoms with E-state index in [1.54, 1.807) is 24.3 Å². The average Bonchev–Trinajstić information content (AvgIpc) is 2.48. The highest BCUT2D eigenvalue weighted by Crippen LogP contribution is 2.34. The third-order valence-corrected chi connectivity index (χ3v) is 3.33.